The van der Waals surface area contributed by atoms with E-state index in [-0.39, 0.29) is 41.5 Å². The second kappa shape index (κ2) is 8.93. The van der Waals surface area contributed by atoms with E-state index in [2.05, 4.69) is 25.4 Å². The molecule has 1 aromatic carbocycles. The van der Waals surface area contributed by atoms with E-state index in [9.17, 15) is 9.18 Å². The molecule has 5 N–H and O–H groups in total. The van der Waals surface area contributed by atoms with E-state index in [0.29, 0.717) is 22.6 Å². The highest BCUT2D eigenvalue weighted by atomic mass is 19.1. The molecule has 4 aromatic rings. The highest BCUT2D eigenvalue weighted by Gasteiger charge is 2.23. The summed E-state index contributed by atoms with van der Waals surface area (Å²) in [5.41, 5.74) is 13.8. The molecule has 0 spiro atoms. The van der Waals surface area contributed by atoms with Crippen molar-refractivity contribution >= 4 is 28.9 Å². The van der Waals surface area contributed by atoms with E-state index in [1.54, 1.807) is 41.0 Å². The highest BCUT2D eigenvalue weighted by molar-refractivity contribution is 5.93. The number of nitrogens with zero attached hydrogens (tertiary/aromatic N) is 5. The molecule has 3 heterocycles. The van der Waals surface area contributed by atoms with Crippen molar-refractivity contribution in [1.29, 1.82) is 0 Å². The van der Waals surface area contributed by atoms with E-state index in [1.165, 1.54) is 6.07 Å². The zero-order valence-electron chi connectivity index (χ0n) is 18.2. The van der Waals surface area contributed by atoms with Gasteiger partial charge in [-0.2, -0.15) is 5.10 Å². The molecule has 34 heavy (non-hydrogen) atoms. The standard InChI is InChI=1S/C23H23FN8O2/c24-15-9-4-1-6-13(15)12-17-28-18(16-10-5-11-27-32(16)17)22-30-20(25)19(21(26)31-22)29-23(33)34-14-7-2-3-8-14/h1,4-6,9-11,14H,2-3,7-8,12H2,(H,29,33)(H4,25,26,30,31). The number of ether oxygens (including phenoxy) is 1. The summed E-state index contributed by atoms with van der Waals surface area (Å²) >= 11 is 0. The number of carbonyl (C=O) groups is 1. The summed E-state index contributed by atoms with van der Waals surface area (Å²) in [7, 11) is 0. The minimum Gasteiger partial charge on any atom is -0.446 e. The number of carbonyl (C=O) groups excluding carboxylic acids is 1. The van der Waals surface area contributed by atoms with Gasteiger partial charge in [-0.05, 0) is 49.4 Å². The maximum atomic E-state index is 14.2. The van der Waals surface area contributed by atoms with Crippen LogP contribution in [-0.4, -0.2) is 36.8 Å². The Hall–Kier alpha value is -4.28. The number of fused-ring (bicyclic) bond motifs is 1. The fraction of sp³-hybridized carbons (Fsp3) is 0.261. The predicted molar refractivity (Wildman–Crippen MR) is 124 cm³/mol. The van der Waals surface area contributed by atoms with Crippen LogP contribution < -0.4 is 16.8 Å². The van der Waals surface area contributed by atoms with Crippen molar-refractivity contribution in [1.82, 2.24) is 24.6 Å². The van der Waals surface area contributed by atoms with Gasteiger partial charge in [0.15, 0.2) is 17.5 Å². The third kappa shape index (κ3) is 4.19. The number of nitrogens with two attached hydrogens (primary N) is 2. The lowest BCUT2D eigenvalue weighted by Gasteiger charge is -2.14. The van der Waals surface area contributed by atoms with Gasteiger partial charge >= 0.3 is 6.09 Å². The Morgan fingerprint density at radius 3 is 2.56 bits per heavy atom. The normalized spacial score (nSPS) is 13.9. The summed E-state index contributed by atoms with van der Waals surface area (Å²) in [4.78, 5) is 25.5. The number of anilines is 3. The van der Waals surface area contributed by atoms with Crippen molar-refractivity contribution in [2.24, 2.45) is 0 Å². The summed E-state index contributed by atoms with van der Waals surface area (Å²) in [6.45, 7) is 0. The first-order valence-corrected chi connectivity index (χ1v) is 11.0. The summed E-state index contributed by atoms with van der Waals surface area (Å²) in [6.07, 6.45) is 4.80. The number of rotatable bonds is 5. The molecule has 1 aliphatic rings. The van der Waals surface area contributed by atoms with Gasteiger partial charge in [0.05, 0.1) is 5.52 Å². The van der Waals surface area contributed by atoms with Gasteiger partial charge in [-0.1, -0.05) is 18.2 Å². The minimum absolute atomic E-state index is 0.0217. The number of imidazole rings is 1. The van der Waals surface area contributed by atoms with Crippen LogP contribution in [0.4, 0.5) is 26.5 Å². The van der Waals surface area contributed by atoms with Gasteiger partial charge in [-0.25, -0.2) is 28.7 Å². The molecule has 11 heteroatoms. The monoisotopic (exact) mass is 462 g/mol. The lowest BCUT2D eigenvalue weighted by Crippen LogP contribution is -2.22. The average molecular weight is 462 g/mol. The molecule has 1 fully saturated rings. The second-order valence-corrected chi connectivity index (χ2v) is 8.09. The van der Waals surface area contributed by atoms with Crippen molar-refractivity contribution in [2.75, 3.05) is 16.8 Å². The van der Waals surface area contributed by atoms with Gasteiger partial charge in [0.25, 0.3) is 0 Å². The van der Waals surface area contributed by atoms with Gasteiger partial charge in [0, 0.05) is 12.6 Å². The Morgan fingerprint density at radius 1 is 1.09 bits per heavy atom. The number of amides is 1. The smallest absolute Gasteiger partial charge is 0.412 e. The van der Waals surface area contributed by atoms with Gasteiger partial charge < -0.3 is 16.2 Å². The highest BCUT2D eigenvalue weighted by Crippen LogP contribution is 2.30. The van der Waals surface area contributed by atoms with Crippen LogP contribution in [0.15, 0.2) is 42.6 Å². The third-order valence-electron chi connectivity index (χ3n) is 5.76. The van der Waals surface area contributed by atoms with E-state index < -0.39 is 6.09 Å². The number of aromatic nitrogens is 5. The summed E-state index contributed by atoms with van der Waals surface area (Å²) in [5, 5.41) is 6.89. The Kier molecular flexibility index (Phi) is 5.66. The first-order chi connectivity index (χ1) is 16.5. The Labute approximate surface area is 194 Å². The predicted octanol–water partition coefficient (Wildman–Crippen LogP) is 3.57. The molecule has 0 unspecified atom stereocenters. The molecule has 0 radical (unpaired) electrons. The van der Waals surface area contributed by atoms with E-state index in [0.717, 1.165) is 25.7 Å². The number of halogens is 1. The SMILES string of the molecule is Nc1nc(-c2nc(Cc3ccccc3F)n3ncccc23)nc(N)c1NC(=O)OC1CCCC1. The minimum atomic E-state index is -0.648. The largest absolute Gasteiger partial charge is 0.446 e. The average Bonchev–Trinajstić information content (AvgIpc) is 3.46. The number of benzene rings is 1. The third-order valence-corrected chi connectivity index (χ3v) is 5.76. The van der Waals surface area contributed by atoms with Gasteiger partial charge in [0.1, 0.15) is 29.1 Å². The zero-order chi connectivity index (χ0) is 23.7. The van der Waals surface area contributed by atoms with Gasteiger partial charge in [-0.15, -0.1) is 0 Å². The van der Waals surface area contributed by atoms with E-state index in [1.807, 2.05) is 0 Å². The molecule has 0 saturated heterocycles. The van der Waals surface area contributed by atoms with Crippen LogP contribution in [0.1, 0.15) is 37.1 Å². The molecule has 1 amide bonds. The van der Waals surface area contributed by atoms with Crippen molar-refractivity contribution in [3.05, 3.63) is 59.8 Å². The number of hydrogen-bond donors (Lipinski definition) is 3. The molecule has 1 saturated carbocycles. The molecule has 174 valence electrons. The van der Waals surface area contributed by atoms with Gasteiger partial charge in [0.2, 0.25) is 0 Å². The zero-order valence-corrected chi connectivity index (χ0v) is 18.2. The summed E-state index contributed by atoms with van der Waals surface area (Å²) < 4.78 is 21.2. The van der Waals surface area contributed by atoms with Crippen LogP contribution in [0.2, 0.25) is 0 Å². The van der Waals surface area contributed by atoms with Crippen LogP contribution in [0.25, 0.3) is 17.0 Å². The Morgan fingerprint density at radius 2 is 1.82 bits per heavy atom. The molecule has 0 aliphatic heterocycles. The molecular weight excluding hydrogens is 439 g/mol. The maximum absolute atomic E-state index is 14.2. The van der Waals surface area contributed by atoms with Crippen LogP contribution >= 0.6 is 0 Å². The van der Waals surface area contributed by atoms with Crippen LogP contribution in [0.5, 0.6) is 0 Å². The topological polar surface area (TPSA) is 146 Å². The van der Waals surface area contributed by atoms with Gasteiger partial charge in [-0.3, -0.25) is 5.32 Å². The second-order valence-electron chi connectivity index (χ2n) is 8.09. The molecule has 5 rings (SSSR count). The molecule has 0 atom stereocenters. The maximum Gasteiger partial charge on any atom is 0.412 e. The van der Waals surface area contributed by atoms with E-state index in [4.69, 9.17) is 16.2 Å². The number of nitrogen functional groups attached to an aromatic ring is 2. The molecule has 0 bridgehead atoms. The molecule has 1 aliphatic carbocycles. The fourth-order valence-corrected chi connectivity index (χ4v) is 4.10. The quantitative estimate of drug-likeness (QED) is 0.408. The Bertz CT molecular complexity index is 1340. The van der Waals surface area contributed by atoms with Crippen LogP contribution in [0.3, 0.4) is 0 Å². The lowest BCUT2D eigenvalue weighted by molar-refractivity contribution is 0.114. The van der Waals surface area contributed by atoms with Crippen molar-refractivity contribution in [3.63, 3.8) is 0 Å². The summed E-state index contributed by atoms with van der Waals surface area (Å²) in [6, 6.07) is 10.0. The van der Waals surface area contributed by atoms with Crippen molar-refractivity contribution in [2.45, 2.75) is 38.2 Å². The fourth-order valence-electron chi connectivity index (χ4n) is 4.10. The molecule has 10 nitrogen and oxygen atoms in total. The number of hydrogen-bond acceptors (Lipinski definition) is 8. The first-order valence-electron chi connectivity index (χ1n) is 11.0. The van der Waals surface area contributed by atoms with E-state index >= 15 is 0 Å². The lowest BCUT2D eigenvalue weighted by atomic mass is 10.1. The summed E-state index contributed by atoms with van der Waals surface area (Å²) in [5.74, 6) is 0.285. The Balaban J connectivity index is 1.46. The number of nitrogens with one attached hydrogen (secondary N) is 1. The first kappa shape index (κ1) is 21.6. The van der Waals surface area contributed by atoms with Crippen molar-refractivity contribution < 1.29 is 13.9 Å². The molecular formula is C23H23FN8O2. The molecule has 3 aromatic heterocycles. The van der Waals surface area contributed by atoms with Crippen LogP contribution in [-0.2, 0) is 11.2 Å². The van der Waals surface area contributed by atoms with Crippen LogP contribution in [0, 0.1) is 5.82 Å². The van der Waals surface area contributed by atoms with Crippen molar-refractivity contribution in [3.8, 4) is 11.5 Å².